The average Bonchev–Trinajstić information content (AvgIpc) is 2.97. The van der Waals surface area contributed by atoms with Crippen LogP contribution >= 0.6 is 24.0 Å². The van der Waals surface area contributed by atoms with Crippen molar-refractivity contribution in [1.82, 2.24) is 10.2 Å². The molecule has 0 bridgehead atoms. The topological polar surface area (TPSA) is 40.1 Å². The van der Waals surface area contributed by atoms with Crippen LogP contribution in [0.25, 0.3) is 0 Å². The van der Waals surface area contributed by atoms with E-state index in [4.69, 9.17) is 4.74 Å². The van der Waals surface area contributed by atoms with Gasteiger partial charge in [0.15, 0.2) is 5.96 Å². The molecule has 2 saturated heterocycles. The third-order valence-corrected chi connectivity index (χ3v) is 4.95. The van der Waals surface area contributed by atoms with Crippen LogP contribution in [-0.2, 0) is 11.3 Å². The largest absolute Gasteiger partial charge is 0.378 e. The van der Waals surface area contributed by atoms with Gasteiger partial charge in [-0.05, 0) is 29.5 Å². The lowest BCUT2D eigenvalue weighted by atomic mass is 9.93. The maximum absolute atomic E-state index is 5.42. The number of nitrogens with one attached hydrogen (secondary N) is 1. The summed E-state index contributed by atoms with van der Waals surface area (Å²) in [6, 6.07) is 8.84. The molecule has 0 amide bonds. The Balaban J connectivity index is 0.00000225. The first kappa shape index (κ1) is 20.3. The van der Waals surface area contributed by atoms with Crippen LogP contribution in [0.4, 0.5) is 5.69 Å². The number of hydrogen-bond donors (Lipinski definition) is 1. The summed E-state index contributed by atoms with van der Waals surface area (Å²) in [6.07, 6.45) is 1.22. The Kier molecular flexibility index (Phi) is 7.37. The first-order valence-corrected chi connectivity index (χ1v) is 8.95. The smallest absolute Gasteiger partial charge is 0.193 e. The number of guanidine groups is 1. The van der Waals surface area contributed by atoms with E-state index in [1.807, 2.05) is 7.05 Å². The van der Waals surface area contributed by atoms with E-state index >= 15 is 0 Å². The van der Waals surface area contributed by atoms with Crippen molar-refractivity contribution in [2.24, 2.45) is 10.4 Å². The molecular weight excluding hydrogens is 427 g/mol. The number of aliphatic imine (C=N–C) groups is 1. The molecule has 0 saturated carbocycles. The molecule has 2 fully saturated rings. The van der Waals surface area contributed by atoms with Gasteiger partial charge in [-0.3, -0.25) is 4.99 Å². The number of benzene rings is 1. The zero-order valence-corrected chi connectivity index (χ0v) is 18.0. The summed E-state index contributed by atoms with van der Waals surface area (Å²) in [6.45, 7) is 11.2. The minimum Gasteiger partial charge on any atom is -0.378 e. The third kappa shape index (κ3) is 5.48. The first-order chi connectivity index (χ1) is 11.6. The van der Waals surface area contributed by atoms with Gasteiger partial charge in [-0.25, -0.2) is 0 Å². The SMILES string of the molecule is CN=C(NCc1ccc(N2CCOCC2)cc1)N1CCC(C)(C)C1.I. The van der Waals surface area contributed by atoms with Crippen LogP contribution in [0, 0.1) is 5.41 Å². The Morgan fingerprint density at radius 3 is 2.40 bits per heavy atom. The number of rotatable bonds is 3. The summed E-state index contributed by atoms with van der Waals surface area (Å²) in [5.74, 6) is 1.01. The molecule has 1 N–H and O–H groups in total. The van der Waals surface area contributed by atoms with Crippen molar-refractivity contribution in [3.63, 3.8) is 0 Å². The molecule has 0 aliphatic carbocycles. The molecule has 0 unspecified atom stereocenters. The van der Waals surface area contributed by atoms with Gasteiger partial charge in [-0.15, -0.1) is 24.0 Å². The van der Waals surface area contributed by atoms with Gasteiger partial charge in [-0.1, -0.05) is 26.0 Å². The quantitative estimate of drug-likeness (QED) is 0.430. The zero-order chi connectivity index (χ0) is 17.0. The van der Waals surface area contributed by atoms with Crippen LogP contribution in [0.15, 0.2) is 29.3 Å². The Morgan fingerprint density at radius 2 is 1.84 bits per heavy atom. The summed E-state index contributed by atoms with van der Waals surface area (Å²) in [5, 5.41) is 3.51. The summed E-state index contributed by atoms with van der Waals surface area (Å²) in [5.41, 5.74) is 2.96. The maximum Gasteiger partial charge on any atom is 0.193 e. The number of hydrogen-bond acceptors (Lipinski definition) is 3. The third-order valence-electron chi connectivity index (χ3n) is 4.95. The summed E-state index contributed by atoms with van der Waals surface area (Å²) in [4.78, 5) is 9.20. The monoisotopic (exact) mass is 458 g/mol. The predicted molar refractivity (Wildman–Crippen MR) is 115 cm³/mol. The lowest BCUT2D eigenvalue weighted by Crippen LogP contribution is -2.40. The van der Waals surface area contributed by atoms with Gasteiger partial charge in [0.1, 0.15) is 0 Å². The van der Waals surface area contributed by atoms with Gasteiger partial charge in [0, 0.05) is 45.5 Å². The molecular formula is C19H31IN4O. The molecule has 2 heterocycles. The lowest BCUT2D eigenvalue weighted by Gasteiger charge is -2.29. The van der Waals surface area contributed by atoms with E-state index in [0.29, 0.717) is 5.41 Å². The second-order valence-corrected chi connectivity index (χ2v) is 7.50. The molecule has 0 aromatic heterocycles. The minimum atomic E-state index is 0. The minimum absolute atomic E-state index is 0. The van der Waals surface area contributed by atoms with Crippen molar-refractivity contribution in [2.75, 3.05) is 51.3 Å². The van der Waals surface area contributed by atoms with Crippen molar-refractivity contribution < 1.29 is 4.74 Å². The van der Waals surface area contributed by atoms with E-state index in [1.165, 1.54) is 17.7 Å². The van der Waals surface area contributed by atoms with Crippen molar-refractivity contribution >= 4 is 35.6 Å². The second-order valence-electron chi connectivity index (χ2n) is 7.50. The fourth-order valence-electron chi connectivity index (χ4n) is 3.45. The highest BCUT2D eigenvalue weighted by Crippen LogP contribution is 2.28. The molecule has 1 aromatic carbocycles. The van der Waals surface area contributed by atoms with E-state index in [-0.39, 0.29) is 24.0 Å². The van der Waals surface area contributed by atoms with Gasteiger partial charge in [0.2, 0.25) is 0 Å². The highest BCUT2D eigenvalue weighted by molar-refractivity contribution is 14.0. The number of ether oxygens (including phenoxy) is 1. The van der Waals surface area contributed by atoms with Crippen molar-refractivity contribution in [3.8, 4) is 0 Å². The summed E-state index contributed by atoms with van der Waals surface area (Å²) < 4.78 is 5.42. The van der Waals surface area contributed by atoms with Gasteiger partial charge in [-0.2, -0.15) is 0 Å². The van der Waals surface area contributed by atoms with E-state index in [9.17, 15) is 0 Å². The Hall–Kier alpha value is -1.02. The fraction of sp³-hybridized carbons (Fsp3) is 0.632. The molecule has 25 heavy (non-hydrogen) atoms. The average molecular weight is 458 g/mol. The van der Waals surface area contributed by atoms with Crippen LogP contribution < -0.4 is 10.2 Å². The predicted octanol–water partition coefficient (Wildman–Crippen LogP) is 2.95. The highest BCUT2D eigenvalue weighted by Gasteiger charge is 2.30. The molecule has 0 spiro atoms. The molecule has 140 valence electrons. The standard InChI is InChI=1S/C19H30N4O.HI/c1-19(2)8-9-23(15-19)18(20-3)21-14-16-4-6-17(7-5-16)22-10-12-24-13-11-22;/h4-7H,8-15H2,1-3H3,(H,20,21);1H. The van der Waals surface area contributed by atoms with Crippen LogP contribution in [0.1, 0.15) is 25.8 Å². The van der Waals surface area contributed by atoms with Crippen LogP contribution in [0.3, 0.4) is 0 Å². The Bertz CT molecular complexity index is 567. The number of nitrogens with zero attached hydrogens (tertiary/aromatic N) is 3. The molecule has 6 heteroatoms. The molecule has 3 rings (SSSR count). The maximum atomic E-state index is 5.42. The molecule has 1 aromatic rings. The number of morpholine rings is 1. The molecule has 0 radical (unpaired) electrons. The number of likely N-dealkylation sites (tertiary alicyclic amines) is 1. The van der Waals surface area contributed by atoms with E-state index < -0.39 is 0 Å². The van der Waals surface area contributed by atoms with Crippen molar-refractivity contribution in [2.45, 2.75) is 26.8 Å². The van der Waals surface area contributed by atoms with E-state index in [2.05, 4.69) is 58.2 Å². The first-order valence-electron chi connectivity index (χ1n) is 8.95. The van der Waals surface area contributed by atoms with Crippen LogP contribution in [0.2, 0.25) is 0 Å². The molecule has 5 nitrogen and oxygen atoms in total. The Morgan fingerprint density at radius 1 is 1.16 bits per heavy atom. The Labute approximate surface area is 168 Å². The summed E-state index contributed by atoms with van der Waals surface area (Å²) >= 11 is 0. The normalized spacial score (nSPS) is 20.4. The van der Waals surface area contributed by atoms with Crippen LogP contribution in [0.5, 0.6) is 0 Å². The van der Waals surface area contributed by atoms with Crippen LogP contribution in [-0.4, -0.2) is 57.3 Å². The lowest BCUT2D eigenvalue weighted by molar-refractivity contribution is 0.122. The van der Waals surface area contributed by atoms with E-state index in [1.54, 1.807) is 0 Å². The molecule has 0 atom stereocenters. The fourth-order valence-corrected chi connectivity index (χ4v) is 3.45. The van der Waals surface area contributed by atoms with Crippen molar-refractivity contribution in [1.29, 1.82) is 0 Å². The molecule has 2 aliphatic heterocycles. The van der Waals surface area contributed by atoms with Gasteiger partial charge < -0.3 is 19.9 Å². The van der Waals surface area contributed by atoms with Crippen molar-refractivity contribution in [3.05, 3.63) is 29.8 Å². The second kappa shape index (κ2) is 9.07. The number of halogens is 1. The van der Waals surface area contributed by atoms with E-state index in [0.717, 1.165) is 51.9 Å². The zero-order valence-electron chi connectivity index (χ0n) is 15.6. The van der Waals surface area contributed by atoms with Gasteiger partial charge in [0.05, 0.1) is 13.2 Å². The summed E-state index contributed by atoms with van der Waals surface area (Å²) in [7, 11) is 1.87. The van der Waals surface area contributed by atoms with Gasteiger partial charge >= 0.3 is 0 Å². The highest BCUT2D eigenvalue weighted by atomic mass is 127. The number of anilines is 1. The molecule has 2 aliphatic rings. The van der Waals surface area contributed by atoms with Gasteiger partial charge in [0.25, 0.3) is 0 Å².